The van der Waals surface area contributed by atoms with Crippen molar-refractivity contribution in [2.75, 3.05) is 20.3 Å². The molecule has 0 aliphatic heterocycles. The summed E-state index contributed by atoms with van der Waals surface area (Å²) in [5, 5.41) is 2.51. The Hall–Kier alpha value is -3.14. The Balaban J connectivity index is 1.79. The van der Waals surface area contributed by atoms with Gasteiger partial charge < -0.3 is 14.8 Å². The number of hydrogen-bond donors (Lipinski definition) is 1. The van der Waals surface area contributed by atoms with Crippen LogP contribution in [0.4, 0.5) is 13.2 Å². The van der Waals surface area contributed by atoms with Crippen molar-refractivity contribution in [1.82, 2.24) is 5.32 Å². The van der Waals surface area contributed by atoms with Gasteiger partial charge in [-0.15, -0.1) is 0 Å². The zero-order chi connectivity index (χ0) is 19.0. The fraction of sp³-hybridized carbons (Fsp3) is 0.211. The number of hydrogen-bond acceptors (Lipinski definition) is 3. The molecule has 2 rings (SSSR count). The van der Waals surface area contributed by atoms with Gasteiger partial charge in [-0.3, -0.25) is 4.79 Å². The van der Waals surface area contributed by atoms with E-state index >= 15 is 0 Å². The minimum absolute atomic E-state index is 0.00104. The van der Waals surface area contributed by atoms with Crippen LogP contribution in [0.1, 0.15) is 11.1 Å². The Labute approximate surface area is 148 Å². The molecule has 0 unspecified atom stereocenters. The van der Waals surface area contributed by atoms with Gasteiger partial charge in [0.2, 0.25) is 0 Å². The van der Waals surface area contributed by atoms with E-state index in [9.17, 15) is 18.0 Å². The van der Waals surface area contributed by atoms with Gasteiger partial charge in [-0.1, -0.05) is 17.9 Å². The molecule has 136 valence electrons. The van der Waals surface area contributed by atoms with E-state index in [-0.39, 0.29) is 24.6 Å². The van der Waals surface area contributed by atoms with Crippen molar-refractivity contribution in [2.45, 2.75) is 6.18 Å². The molecule has 0 aromatic heterocycles. The van der Waals surface area contributed by atoms with Gasteiger partial charge in [0.05, 0.1) is 19.2 Å². The van der Waals surface area contributed by atoms with Crippen molar-refractivity contribution in [2.24, 2.45) is 0 Å². The second-order valence-electron chi connectivity index (χ2n) is 5.12. The SMILES string of the molecule is COc1ccc(OCC(=O)NCC#Cc2cccc(C(F)(F)F)c2)cc1. The van der Waals surface area contributed by atoms with Crippen LogP contribution in [0.15, 0.2) is 48.5 Å². The van der Waals surface area contributed by atoms with Crippen molar-refractivity contribution in [3.05, 3.63) is 59.7 Å². The molecule has 0 spiro atoms. The van der Waals surface area contributed by atoms with Crippen LogP contribution in [0.3, 0.4) is 0 Å². The smallest absolute Gasteiger partial charge is 0.416 e. The molecule has 0 saturated carbocycles. The van der Waals surface area contributed by atoms with E-state index in [1.54, 1.807) is 31.4 Å². The van der Waals surface area contributed by atoms with Crippen LogP contribution in [-0.2, 0) is 11.0 Å². The summed E-state index contributed by atoms with van der Waals surface area (Å²) in [6.07, 6.45) is -4.41. The van der Waals surface area contributed by atoms with Crippen molar-refractivity contribution in [1.29, 1.82) is 0 Å². The maximum absolute atomic E-state index is 12.6. The van der Waals surface area contributed by atoms with Gasteiger partial charge in [0.15, 0.2) is 6.61 Å². The van der Waals surface area contributed by atoms with Crippen LogP contribution in [0.5, 0.6) is 11.5 Å². The average Bonchev–Trinajstić information content (AvgIpc) is 2.63. The second-order valence-corrected chi connectivity index (χ2v) is 5.12. The maximum atomic E-state index is 12.6. The summed E-state index contributed by atoms with van der Waals surface area (Å²) >= 11 is 0. The summed E-state index contributed by atoms with van der Waals surface area (Å²) in [5.41, 5.74) is -0.537. The third kappa shape index (κ3) is 6.06. The van der Waals surface area contributed by atoms with Crippen molar-refractivity contribution in [3.63, 3.8) is 0 Å². The number of amides is 1. The molecule has 0 aliphatic rings. The van der Waals surface area contributed by atoms with Crippen molar-refractivity contribution in [3.8, 4) is 23.3 Å². The molecule has 0 bridgehead atoms. The lowest BCUT2D eigenvalue weighted by Gasteiger charge is -2.06. The number of carbonyl (C=O) groups is 1. The van der Waals surface area contributed by atoms with E-state index in [4.69, 9.17) is 9.47 Å². The lowest BCUT2D eigenvalue weighted by molar-refractivity contribution is -0.137. The largest absolute Gasteiger partial charge is 0.497 e. The predicted octanol–water partition coefficient (Wildman–Crippen LogP) is 3.26. The van der Waals surface area contributed by atoms with Gasteiger partial charge in [0, 0.05) is 5.56 Å². The first-order valence-electron chi connectivity index (χ1n) is 7.58. The molecule has 2 aromatic rings. The lowest BCUT2D eigenvalue weighted by atomic mass is 10.1. The van der Waals surface area contributed by atoms with Crippen LogP contribution in [-0.4, -0.2) is 26.2 Å². The first-order valence-corrected chi connectivity index (χ1v) is 7.58. The Morgan fingerprint density at radius 1 is 1.12 bits per heavy atom. The van der Waals surface area contributed by atoms with Crippen LogP contribution >= 0.6 is 0 Å². The number of nitrogens with one attached hydrogen (secondary N) is 1. The maximum Gasteiger partial charge on any atom is 0.416 e. The van der Waals surface area contributed by atoms with E-state index in [0.29, 0.717) is 11.5 Å². The quantitative estimate of drug-likeness (QED) is 0.830. The zero-order valence-electron chi connectivity index (χ0n) is 13.9. The van der Waals surface area contributed by atoms with E-state index in [2.05, 4.69) is 17.2 Å². The highest BCUT2D eigenvalue weighted by atomic mass is 19.4. The molecule has 0 heterocycles. The van der Waals surface area contributed by atoms with Crippen LogP contribution in [0.2, 0.25) is 0 Å². The third-order valence-electron chi connectivity index (χ3n) is 3.23. The van der Waals surface area contributed by atoms with Crippen molar-refractivity contribution >= 4 is 5.91 Å². The number of methoxy groups -OCH3 is 1. The zero-order valence-corrected chi connectivity index (χ0v) is 13.9. The number of alkyl halides is 3. The van der Waals surface area contributed by atoms with E-state index < -0.39 is 11.7 Å². The van der Waals surface area contributed by atoms with Gasteiger partial charge in [-0.05, 0) is 42.5 Å². The van der Waals surface area contributed by atoms with Crippen molar-refractivity contribution < 1.29 is 27.4 Å². The Morgan fingerprint density at radius 3 is 2.46 bits per heavy atom. The molecule has 0 aliphatic carbocycles. The molecule has 0 radical (unpaired) electrons. The molecule has 2 aromatic carbocycles. The van der Waals surface area contributed by atoms with Crippen LogP contribution in [0, 0.1) is 11.8 Å². The summed E-state index contributed by atoms with van der Waals surface area (Å²) in [4.78, 5) is 11.7. The number of rotatable bonds is 5. The summed E-state index contributed by atoms with van der Waals surface area (Å²) in [5.74, 6) is 5.98. The van der Waals surface area contributed by atoms with Crippen LogP contribution < -0.4 is 14.8 Å². The average molecular weight is 363 g/mol. The molecule has 0 fully saturated rings. The van der Waals surface area contributed by atoms with E-state index in [1.807, 2.05) is 0 Å². The van der Waals surface area contributed by atoms with E-state index in [1.165, 1.54) is 12.1 Å². The van der Waals surface area contributed by atoms with Gasteiger partial charge in [0.1, 0.15) is 11.5 Å². The predicted molar refractivity (Wildman–Crippen MR) is 89.8 cm³/mol. The molecule has 7 heteroatoms. The Bertz CT molecular complexity index is 805. The monoisotopic (exact) mass is 363 g/mol. The highest BCUT2D eigenvalue weighted by Gasteiger charge is 2.30. The highest BCUT2D eigenvalue weighted by molar-refractivity contribution is 5.77. The summed E-state index contributed by atoms with van der Waals surface area (Å²) in [7, 11) is 1.55. The van der Waals surface area contributed by atoms with Gasteiger partial charge >= 0.3 is 6.18 Å². The minimum Gasteiger partial charge on any atom is -0.497 e. The molecular formula is C19H16F3NO3. The van der Waals surface area contributed by atoms with E-state index in [0.717, 1.165) is 12.1 Å². The summed E-state index contributed by atoms with van der Waals surface area (Å²) in [6, 6.07) is 11.4. The number of carbonyl (C=O) groups excluding carboxylic acids is 1. The first kappa shape index (κ1) is 19.2. The first-order chi connectivity index (χ1) is 12.4. The number of ether oxygens (including phenoxy) is 2. The van der Waals surface area contributed by atoms with Gasteiger partial charge in [0.25, 0.3) is 5.91 Å². The Kier molecular flexibility index (Phi) is 6.50. The number of benzene rings is 2. The van der Waals surface area contributed by atoms with Crippen LogP contribution in [0.25, 0.3) is 0 Å². The minimum atomic E-state index is -4.41. The fourth-order valence-corrected chi connectivity index (χ4v) is 1.93. The molecule has 0 saturated heterocycles. The van der Waals surface area contributed by atoms with Gasteiger partial charge in [-0.2, -0.15) is 13.2 Å². The molecular weight excluding hydrogens is 347 g/mol. The summed E-state index contributed by atoms with van der Waals surface area (Å²) in [6.45, 7) is -0.196. The Morgan fingerprint density at radius 2 is 1.81 bits per heavy atom. The molecule has 26 heavy (non-hydrogen) atoms. The lowest BCUT2D eigenvalue weighted by Crippen LogP contribution is -2.29. The fourth-order valence-electron chi connectivity index (χ4n) is 1.93. The standard InChI is InChI=1S/C19H16F3NO3/c1-25-16-7-9-17(10-8-16)26-13-18(24)23-11-3-5-14-4-2-6-15(12-14)19(20,21)22/h2,4,6-10,12H,11,13H2,1H3,(H,23,24). The molecule has 4 nitrogen and oxygen atoms in total. The molecule has 0 atom stereocenters. The van der Waals surface area contributed by atoms with Gasteiger partial charge in [-0.25, -0.2) is 0 Å². The molecule has 1 amide bonds. The second kappa shape index (κ2) is 8.81. The summed E-state index contributed by atoms with van der Waals surface area (Å²) < 4.78 is 48.1. The number of halogens is 3. The highest BCUT2D eigenvalue weighted by Crippen LogP contribution is 2.29. The molecule has 1 N–H and O–H groups in total. The normalized spacial score (nSPS) is 10.5. The topological polar surface area (TPSA) is 47.6 Å². The third-order valence-corrected chi connectivity index (χ3v) is 3.23.